The minimum atomic E-state index is -0.132. The number of nitrogens with one attached hydrogen (secondary N) is 1. The molecule has 2 aromatic rings. The van der Waals surface area contributed by atoms with Gasteiger partial charge in [0.1, 0.15) is 0 Å². The number of amides is 2. The van der Waals surface area contributed by atoms with E-state index in [0.717, 1.165) is 26.1 Å². The zero-order chi connectivity index (χ0) is 20.6. The van der Waals surface area contributed by atoms with Crippen molar-refractivity contribution >= 4 is 17.5 Å². The maximum absolute atomic E-state index is 12.9. The first-order chi connectivity index (χ1) is 14.0. The van der Waals surface area contributed by atoms with Crippen LogP contribution in [0.5, 0.6) is 0 Å². The van der Waals surface area contributed by atoms with E-state index in [9.17, 15) is 9.59 Å². The van der Waals surface area contributed by atoms with Crippen LogP contribution in [0.1, 0.15) is 27.1 Å². The van der Waals surface area contributed by atoms with Gasteiger partial charge in [-0.15, -0.1) is 0 Å². The molecule has 6 heteroatoms. The highest BCUT2D eigenvalue weighted by atomic mass is 16.2. The van der Waals surface area contributed by atoms with Crippen molar-refractivity contribution in [2.75, 3.05) is 58.3 Å². The minimum absolute atomic E-state index is 0.0139. The number of carbonyl (C=O) groups excluding carboxylic acids is 2. The maximum atomic E-state index is 12.9. The Kier molecular flexibility index (Phi) is 7.25. The van der Waals surface area contributed by atoms with Gasteiger partial charge in [-0.3, -0.25) is 9.59 Å². The zero-order valence-electron chi connectivity index (χ0n) is 17.3. The summed E-state index contributed by atoms with van der Waals surface area (Å²) in [5.41, 5.74) is 2.29. The van der Waals surface area contributed by atoms with Crippen molar-refractivity contribution in [2.45, 2.75) is 6.42 Å². The minimum Gasteiger partial charge on any atom is -0.368 e. The molecule has 1 N–H and O–H groups in total. The predicted octanol–water partition coefficient (Wildman–Crippen LogP) is 2.33. The molecule has 0 aromatic heterocycles. The molecule has 1 heterocycles. The first kappa shape index (κ1) is 20.9. The summed E-state index contributed by atoms with van der Waals surface area (Å²) in [5.74, 6) is -0.146. The number of anilines is 1. The predicted molar refractivity (Wildman–Crippen MR) is 117 cm³/mol. The zero-order valence-corrected chi connectivity index (χ0v) is 17.3. The van der Waals surface area contributed by atoms with Crippen LogP contribution in [0.15, 0.2) is 54.6 Å². The topological polar surface area (TPSA) is 55.9 Å². The summed E-state index contributed by atoms with van der Waals surface area (Å²) in [4.78, 5) is 31.6. The molecule has 0 aliphatic carbocycles. The number of para-hydroxylation sites is 1. The van der Waals surface area contributed by atoms with E-state index < -0.39 is 0 Å². The second kappa shape index (κ2) is 10.1. The van der Waals surface area contributed by atoms with E-state index in [-0.39, 0.29) is 11.8 Å². The number of hydrogen-bond acceptors (Lipinski definition) is 4. The first-order valence-electron chi connectivity index (χ1n) is 10.2. The fraction of sp³-hybridized carbons (Fsp3) is 0.391. The normalized spacial score (nSPS) is 14.2. The lowest BCUT2D eigenvalue weighted by Gasteiger charge is -2.36. The second-order valence-electron chi connectivity index (χ2n) is 7.61. The van der Waals surface area contributed by atoms with Crippen LogP contribution in [0, 0.1) is 0 Å². The van der Waals surface area contributed by atoms with Gasteiger partial charge in [0, 0.05) is 49.5 Å². The van der Waals surface area contributed by atoms with Crippen LogP contribution >= 0.6 is 0 Å². The standard InChI is InChI=1S/C23H30N4O2/c1-25(2)13-7-12-24-22(28)19-8-6-9-20(18-19)23(29)27-16-14-26(15-17-27)21-10-4-3-5-11-21/h3-6,8-11,18H,7,12-17H2,1-2H3,(H,24,28). The number of hydrogen-bond donors (Lipinski definition) is 1. The Balaban J connectivity index is 1.55. The molecule has 0 atom stereocenters. The lowest BCUT2D eigenvalue weighted by Crippen LogP contribution is -2.48. The van der Waals surface area contributed by atoms with Gasteiger partial charge in [-0.2, -0.15) is 0 Å². The number of piperazine rings is 1. The number of rotatable bonds is 7. The van der Waals surface area contributed by atoms with E-state index in [1.165, 1.54) is 5.69 Å². The molecule has 0 bridgehead atoms. The number of nitrogens with zero attached hydrogens (tertiary/aromatic N) is 3. The van der Waals surface area contributed by atoms with Crippen molar-refractivity contribution in [3.63, 3.8) is 0 Å². The SMILES string of the molecule is CN(C)CCCNC(=O)c1cccc(C(=O)N2CCN(c3ccccc3)CC2)c1. The van der Waals surface area contributed by atoms with Gasteiger partial charge < -0.3 is 20.0 Å². The lowest BCUT2D eigenvalue weighted by atomic mass is 10.1. The number of benzene rings is 2. The molecule has 0 saturated carbocycles. The Morgan fingerprint density at radius 2 is 1.62 bits per heavy atom. The Bertz CT molecular complexity index is 815. The largest absolute Gasteiger partial charge is 0.368 e. The quantitative estimate of drug-likeness (QED) is 0.733. The van der Waals surface area contributed by atoms with E-state index in [1.807, 2.05) is 37.2 Å². The molecule has 1 fully saturated rings. The van der Waals surface area contributed by atoms with Crippen molar-refractivity contribution in [3.05, 3.63) is 65.7 Å². The van der Waals surface area contributed by atoms with Crippen LogP contribution in [-0.4, -0.2) is 75.0 Å². The molecule has 29 heavy (non-hydrogen) atoms. The van der Waals surface area contributed by atoms with Gasteiger partial charge in [0.2, 0.25) is 0 Å². The van der Waals surface area contributed by atoms with Gasteiger partial charge in [0.15, 0.2) is 0 Å². The third kappa shape index (κ3) is 5.81. The van der Waals surface area contributed by atoms with Gasteiger partial charge in [-0.05, 0) is 57.4 Å². The average Bonchev–Trinajstić information content (AvgIpc) is 2.77. The summed E-state index contributed by atoms with van der Waals surface area (Å²) < 4.78 is 0. The summed E-state index contributed by atoms with van der Waals surface area (Å²) in [6.45, 7) is 4.51. The van der Waals surface area contributed by atoms with E-state index in [0.29, 0.717) is 30.8 Å². The molecule has 154 valence electrons. The first-order valence-corrected chi connectivity index (χ1v) is 10.2. The molecule has 2 aromatic carbocycles. The molecule has 1 aliphatic rings. The summed E-state index contributed by atoms with van der Waals surface area (Å²) >= 11 is 0. The third-order valence-corrected chi connectivity index (χ3v) is 5.13. The van der Waals surface area contributed by atoms with Gasteiger partial charge in [0.25, 0.3) is 11.8 Å². The third-order valence-electron chi connectivity index (χ3n) is 5.13. The van der Waals surface area contributed by atoms with Crippen molar-refractivity contribution in [1.29, 1.82) is 0 Å². The van der Waals surface area contributed by atoms with Crippen LogP contribution in [0.25, 0.3) is 0 Å². The van der Waals surface area contributed by atoms with Gasteiger partial charge >= 0.3 is 0 Å². The fourth-order valence-electron chi connectivity index (χ4n) is 3.48. The fourth-order valence-corrected chi connectivity index (χ4v) is 3.48. The van der Waals surface area contributed by atoms with Gasteiger partial charge in [-0.25, -0.2) is 0 Å². The highest BCUT2D eigenvalue weighted by Gasteiger charge is 2.22. The smallest absolute Gasteiger partial charge is 0.253 e. The molecule has 0 spiro atoms. The van der Waals surface area contributed by atoms with Crippen LogP contribution in [-0.2, 0) is 0 Å². The van der Waals surface area contributed by atoms with Crippen LogP contribution in [0.3, 0.4) is 0 Å². The average molecular weight is 395 g/mol. The van der Waals surface area contributed by atoms with Gasteiger partial charge in [-0.1, -0.05) is 24.3 Å². The van der Waals surface area contributed by atoms with Crippen molar-refractivity contribution < 1.29 is 9.59 Å². The molecule has 2 amide bonds. The van der Waals surface area contributed by atoms with Gasteiger partial charge in [0.05, 0.1) is 0 Å². The summed E-state index contributed by atoms with van der Waals surface area (Å²) in [5, 5.41) is 2.93. The molecular weight excluding hydrogens is 364 g/mol. The summed E-state index contributed by atoms with van der Waals surface area (Å²) in [6, 6.07) is 17.3. The highest BCUT2D eigenvalue weighted by Crippen LogP contribution is 2.17. The molecule has 0 unspecified atom stereocenters. The van der Waals surface area contributed by atoms with Crippen molar-refractivity contribution in [3.8, 4) is 0 Å². The molecule has 0 radical (unpaired) electrons. The molecule has 1 aliphatic heterocycles. The highest BCUT2D eigenvalue weighted by molar-refractivity contribution is 5.99. The van der Waals surface area contributed by atoms with E-state index in [2.05, 4.69) is 27.2 Å². The Hall–Kier alpha value is -2.86. The maximum Gasteiger partial charge on any atom is 0.253 e. The molecule has 6 nitrogen and oxygen atoms in total. The summed E-state index contributed by atoms with van der Waals surface area (Å²) in [6.07, 6.45) is 0.892. The monoisotopic (exact) mass is 394 g/mol. The Morgan fingerprint density at radius 1 is 0.931 bits per heavy atom. The van der Waals surface area contributed by atoms with E-state index >= 15 is 0 Å². The molecule has 1 saturated heterocycles. The Morgan fingerprint density at radius 3 is 2.31 bits per heavy atom. The van der Waals surface area contributed by atoms with Crippen LogP contribution in [0.4, 0.5) is 5.69 Å². The second-order valence-corrected chi connectivity index (χ2v) is 7.61. The Labute approximate surface area is 173 Å². The molecular formula is C23H30N4O2. The van der Waals surface area contributed by atoms with Crippen LogP contribution in [0.2, 0.25) is 0 Å². The summed E-state index contributed by atoms with van der Waals surface area (Å²) in [7, 11) is 4.02. The lowest BCUT2D eigenvalue weighted by molar-refractivity contribution is 0.0747. The van der Waals surface area contributed by atoms with Crippen molar-refractivity contribution in [1.82, 2.24) is 15.1 Å². The molecule has 3 rings (SSSR count). The van der Waals surface area contributed by atoms with Crippen molar-refractivity contribution in [2.24, 2.45) is 0 Å². The number of carbonyl (C=O) groups is 2. The van der Waals surface area contributed by atoms with Crippen LogP contribution < -0.4 is 10.2 Å². The van der Waals surface area contributed by atoms with E-state index in [4.69, 9.17) is 0 Å². The van der Waals surface area contributed by atoms with E-state index in [1.54, 1.807) is 24.3 Å².